The molecule has 0 saturated carbocycles. The highest BCUT2D eigenvalue weighted by atomic mass is 16.4. The Bertz CT molecular complexity index is 451. The van der Waals surface area contributed by atoms with Crippen molar-refractivity contribution >= 4 is 5.97 Å². The molecule has 0 fully saturated rings. The monoisotopic (exact) mass is 352 g/mol. The lowest BCUT2D eigenvalue weighted by Crippen LogP contribution is -2.23. The fraction of sp³-hybridized carbons (Fsp3) is 0.550. The minimum absolute atomic E-state index is 0.0644. The van der Waals surface area contributed by atoms with Crippen LogP contribution in [0.4, 0.5) is 0 Å². The van der Waals surface area contributed by atoms with Crippen LogP contribution < -0.4 is 0 Å². The molecule has 4 N–H and O–H groups in total. The van der Waals surface area contributed by atoms with Crippen molar-refractivity contribution in [2.24, 2.45) is 0 Å². The maximum Gasteiger partial charge on any atom is 0.303 e. The number of carbonyl (C=O) groups is 1. The van der Waals surface area contributed by atoms with Gasteiger partial charge in [0.15, 0.2) is 0 Å². The van der Waals surface area contributed by atoms with E-state index in [9.17, 15) is 20.1 Å². The average Bonchev–Trinajstić information content (AvgIpc) is 2.56. The topological polar surface area (TPSA) is 98.0 Å². The van der Waals surface area contributed by atoms with E-state index in [-0.39, 0.29) is 6.42 Å². The van der Waals surface area contributed by atoms with E-state index in [4.69, 9.17) is 5.11 Å². The van der Waals surface area contributed by atoms with E-state index in [0.717, 1.165) is 19.3 Å². The Morgan fingerprint density at radius 3 is 2.04 bits per heavy atom. The maximum absolute atomic E-state index is 10.4. The molecule has 3 atom stereocenters. The first-order chi connectivity index (χ1) is 12.0. The van der Waals surface area contributed by atoms with Gasteiger partial charge in [0.2, 0.25) is 0 Å². The normalized spacial score (nSPS) is 16.3. The molecule has 0 unspecified atom stereocenters. The molecule has 0 aliphatic rings. The number of hydrogen-bond acceptors (Lipinski definition) is 4. The molecular weight excluding hydrogens is 320 g/mol. The van der Waals surface area contributed by atoms with Crippen LogP contribution in [-0.2, 0) is 4.79 Å². The van der Waals surface area contributed by atoms with E-state index >= 15 is 0 Å². The number of aliphatic carboxylic acids is 1. The molecule has 0 radical (unpaired) electrons. The molecule has 0 rings (SSSR count). The third-order valence-corrected chi connectivity index (χ3v) is 3.59. The Kier molecular flexibility index (Phi) is 14.7. The molecule has 25 heavy (non-hydrogen) atoms. The highest BCUT2D eigenvalue weighted by Gasteiger charge is 2.11. The number of hydrogen-bond donors (Lipinski definition) is 4. The Hall–Kier alpha value is -1.69. The molecule has 0 aliphatic heterocycles. The van der Waals surface area contributed by atoms with Crippen molar-refractivity contribution in [3.63, 3.8) is 0 Å². The first-order valence-electron chi connectivity index (χ1n) is 8.91. The fourth-order valence-electron chi connectivity index (χ4n) is 2.09. The van der Waals surface area contributed by atoms with Gasteiger partial charge in [-0.2, -0.15) is 0 Å². The molecule has 0 aromatic rings. The predicted molar refractivity (Wildman–Crippen MR) is 100 cm³/mol. The van der Waals surface area contributed by atoms with E-state index in [1.807, 2.05) is 0 Å². The SMILES string of the molecule is CCCCC[C@H](O)[C@H](O)/C=C/C=C/C=C/C=C[C@@H](O)CCCC(=O)O. The zero-order valence-corrected chi connectivity index (χ0v) is 15.0. The molecule has 0 aliphatic carbocycles. The van der Waals surface area contributed by atoms with Gasteiger partial charge in [0.05, 0.1) is 18.3 Å². The third-order valence-electron chi connectivity index (χ3n) is 3.59. The smallest absolute Gasteiger partial charge is 0.303 e. The van der Waals surface area contributed by atoms with E-state index in [1.54, 1.807) is 48.6 Å². The lowest BCUT2D eigenvalue weighted by atomic mass is 10.1. The number of aliphatic hydroxyl groups is 3. The van der Waals surface area contributed by atoms with Crippen LogP contribution in [0.5, 0.6) is 0 Å². The van der Waals surface area contributed by atoms with Gasteiger partial charge in [-0.25, -0.2) is 0 Å². The molecule has 0 spiro atoms. The largest absolute Gasteiger partial charge is 0.481 e. The molecule has 0 aromatic heterocycles. The molecule has 0 heterocycles. The van der Waals surface area contributed by atoms with E-state index in [2.05, 4.69) is 6.92 Å². The van der Waals surface area contributed by atoms with Crippen LogP contribution >= 0.6 is 0 Å². The lowest BCUT2D eigenvalue weighted by molar-refractivity contribution is -0.137. The summed E-state index contributed by atoms with van der Waals surface area (Å²) in [6.07, 6.45) is 16.0. The number of unbranched alkanes of at least 4 members (excludes halogenated alkanes) is 2. The van der Waals surface area contributed by atoms with Gasteiger partial charge in [0, 0.05) is 6.42 Å². The van der Waals surface area contributed by atoms with Gasteiger partial charge in [-0.1, -0.05) is 74.8 Å². The van der Waals surface area contributed by atoms with Crippen LogP contribution in [0.2, 0.25) is 0 Å². The molecule has 142 valence electrons. The van der Waals surface area contributed by atoms with Gasteiger partial charge in [-0.05, 0) is 19.3 Å². The molecule has 0 saturated heterocycles. The highest BCUT2D eigenvalue weighted by molar-refractivity contribution is 5.66. The van der Waals surface area contributed by atoms with Crippen molar-refractivity contribution in [3.8, 4) is 0 Å². The van der Waals surface area contributed by atoms with Crippen LogP contribution in [0.25, 0.3) is 0 Å². The summed E-state index contributed by atoms with van der Waals surface area (Å²) in [5, 5.41) is 37.6. The van der Waals surface area contributed by atoms with Gasteiger partial charge < -0.3 is 20.4 Å². The predicted octanol–water partition coefficient (Wildman–Crippen LogP) is 3.13. The Morgan fingerprint density at radius 1 is 0.840 bits per heavy atom. The second-order valence-electron chi connectivity index (χ2n) is 5.95. The van der Waals surface area contributed by atoms with Crippen molar-refractivity contribution in [2.45, 2.75) is 70.2 Å². The second-order valence-corrected chi connectivity index (χ2v) is 5.95. The minimum Gasteiger partial charge on any atom is -0.481 e. The maximum atomic E-state index is 10.4. The molecular formula is C20H32O5. The first-order valence-corrected chi connectivity index (χ1v) is 8.91. The van der Waals surface area contributed by atoms with Crippen LogP contribution in [0, 0.1) is 0 Å². The fourth-order valence-corrected chi connectivity index (χ4v) is 2.09. The Morgan fingerprint density at radius 2 is 1.44 bits per heavy atom. The summed E-state index contributed by atoms with van der Waals surface area (Å²) in [6, 6.07) is 0. The zero-order valence-electron chi connectivity index (χ0n) is 15.0. The highest BCUT2D eigenvalue weighted by Crippen LogP contribution is 2.07. The minimum atomic E-state index is -0.855. The van der Waals surface area contributed by atoms with Gasteiger partial charge >= 0.3 is 5.97 Å². The summed E-state index contributed by atoms with van der Waals surface area (Å²) in [7, 11) is 0. The number of rotatable bonds is 14. The Labute approximate surface area is 150 Å². The third kappa shape index (κ3) is 15.6. The summed E-state index contributed by atoms with van der Waals surface area (Å²) in [5.74, 6) is -0.854. The van der Waals surface area contributed by atoms with Crippen molar-refractivity contribution in [3.05, 3.63) is 48.6 Å². The first kappa shape index (κ1) is 23.3. The molecule has 0 bridgehead atoms. The summed E-state index contributed by atoms with van der Waals surface area (Å²) in [5.41, 5.74) is 0. The van der Waals surface area contributed by atoms with Crippen LogP contribution in [0.15, 0.2) is 48.6 Å². The molecule has 0 amide bonds. The van der Waals surface area contributed by atoms with Crippen LogP contribution in [-0.4, -0.2) is 44.7 Å². The van der Waals surface area contributed by atoms with Gasteiger partial charge in [-0.15, -0.1) is 0 Å². The summed E-state index contributed by atoms with van der Waals surface area (Å²) < 4.78 is 0. The van der Waals surface area contributed by atoms with Crippen molar-refractivity contribution in [1.82, 2.24) is 0 Å². The standard InChI is InChI=1S/C20H32O5/c1-2-3-8-14-18(22)19(23)15-10-7-5-4-6-9-12-17(21)13-11-16-20(24)25/h4-7,9-10,12,15,17-19,21-23H,2-3,8,11,13-14,16H2,1H3,(H,24,25)/b6-4+,7-5+,12-9?,15-10+/t17-,18+,19-/m1/s1. The lowest BCUT2D eigenvalue weighted by Gasteiger charge is -2.13. The average molecular weight is 352 g/mol. The van der Waals surface area contributed by atoms with Gasteiger partial charge in [0.25, 0.3) is 0 Å². The summed E-state index contributed by atoms with van der Waals surface area (Å²) >= 11 is 0. The Balaban J connectivity index is 3.96. The molecule has 5 nitrogen and oxygen atoms in total. The van der Waals surface area contributed by atoms with Crippen LogP contribution in [0.1, 0.15) is 51.9 Å². The molecule has 5 heteroatoms. The van der Waals surface area contributed by atoms with E-state index in [0.29, 0.717) is 19.3 Å². The van der Waals surface area contributed by atoms with Crippen molar-refractivity contribution in [2.75, 3.05) is 0 Å². The number of carboxylic acid groups (broad SMARTS) is 1. The quantitative estimate of drug-likeness (QED) is 0.284. The van der Waals surface area contributed by atoms with Crippen LogP contribution in [0.3, 0.4) is 0 Å². The van der Waals surface area contributed by atoms with Gasteiger partial charge in [0.1, 0.15) is 0 Å². The van der Waals surface area contributed by atoms with E-state index < -0.39 is 24.3 Å². The molecule has 0 aromatic carbocycles. The summed E-state index contributed by atoms with van der Waals surface area (Å²) in [4.78, 5) is 10.4. The number of carboxylic acids is 1. The number of allylic oxidation sites excluding steroid dienone is 6. The van der Waals surface area contributed by atoms with Crippen molar-refractivity contribution in [1.29, 1.82) is 0 Å². The summed E-state index contributed by atoms with van der Waals surface area (Å²) in [6.45, 7) is 2.09. The van der Waals surface area contributed by atoms with Crippen molar-refractivity contribution < 1.29 is 25.2 Å². The van der Waals surface area contributed by atoms with E-state index in [1.165, 1.54) is 0 Å². The zero-order chi connectivity index (χ0) is 18.9. The second kappa shape index (κ2) is 15.8. The number of aliphatic hydroxyl groups excluding tert-OH is 3. The van der Waals surface area contributed by atoms with Gasteiger partial charge in [-0.3, -0.25) is 4.79 Å².